The molecule has 1 aromatic heterocycles. The lowest BCUT2D eigenvalue weighted by atomic mass is 10.2. The van der Waals surface area contributed by atoms with E-state index in [9.17, 15) is 4.39 Å². The number of rotatable bonds is 3. The van der Waals surface area contributed by atoms with E-state index in [-0.39, 0.29) is 5.95 Å². The molecule has 0 unspecified atom stereocenters. The van der Waals surface area contributed by atoms with E-state index in [1.807, 2.05) is 13.8 Å². The molecule has 0 saturated heterocycles. The first-order valence-electron chi connectivity index (χ1n) is 4.03. The van der Waals surface area contributed by atoms with Crippen LogP contribution in [0.1, 0.15) is 19.4 Å². The second kappa shape index (κ2) is 4.16. The standard InChI is InChI=1S/C9H13FN2/c1-7(2)12-6-8-4-3-5-11-9(8)10/h3-5,7,12H,6H2,1-2H3. The summed E-state index contributed by atoms with van der Waals surface area (Å²) in [6, 6.07) is 3.84. The number of pyridine rings is 1. The maximum Gasteiger partial charge on any atom is 0.217 e. The fourth-order valence-electron chi connectivity index (χ4n) is 0.865. The van der Waals surface area contributed by atoms with Crippen molar-refractivity contribution in [2.24, 2.45) is 0 Å². The van der Waals surface area contributed by atoms with Crippen LogP contribution in [0.15, 0.2) is 18.3 Å². The number of nitrogens with zero attached hydrogens (tertiary/aromatic N) is 1. The van der Waals surface area contributed by atoms with E-state index in [2.05, 4.69) is 10.3 Å². The molecular formula is C9H13FN2. The van der Waals surface area contributed by atoms with Gasteiger partial charge in [-0.05, 0) is 6.07 Å². The third-order valence-electron chi connectivity index (χ3n) is 1.54. The average molecular weight is 168 g/mol. The Labute approximate surface area is 71.8 Å². The van der Waals surface area contributed by atoms with Gasteiger partial charge in [0, 0.05) is 24.3 Å². The van der Waals surface area contributed by atoms with Crippen molar-refractivity contribution in [3.05, 3.63) is 29.8 Å². The van der Waals surface area contributed by atoms with Crippen molar-refractivity contribution >= 4 is 0 Å². The highest BCUT2D eigenvalue weighted by atomic mass is 19.1. The van der Waals surface area contributed by atoms with Crippen LogP contribution in [-0.2, 0) is 6.54 Å². The molecule has 0 atom stereocenters. The summed E-state index contributed by atoms with van der Waals surface area (Å²) in [5, 5.41) is 3.12. The van der Waals surface area contributed by atoms with Gasteiger partial charge in [0.2, 0.25) is 5.95 Å². The molecule has 1 aromatic rings. The zero-order valence-electron chi connectivity index (χ0n) is 7.34. The van der Waals surface area contributed by atoms with E-state index in [1.54, 1.807) is 12.1 Å². The Morgan fingerprint density at radius 3 is 2.92 bits per heavy atom. The third-order valence-corrected chi connectivity index (χ3v) is 1.54. The van der Waals surface area contributed by atoms with Crippen LogP contribution in [0.5, 0.6) is 0 Å². The second-order valence-corrected chi connectivity index (χ2v) is 2.99. The van der Waals surface area contributed by atoms with Gasteiger partial charge in [0.25, 0.3) is 0 Å². The fraction of sp³-hybridized carbons (Fsp3) is 0.444. The zero-order valence-corrected chi connectivity index (χ0v) is 7.34. The first kappa shape index (κ1) is 9.13. The lowest BCUT2D eigenvalue weighted by Gasteiger charge is -2.07. The third kappa shape index (κ3) is 2.58. The second-order valence-electron chi connectivity index (χ2n) is 2.99. The Kier molecular flexibility index (Phi) is 3.17. The topological polar surface area (TPSA) is 24.9 Å². The maximum atomic E-state index is 12.9. The Bertz CT molecular complexity index is 248. The van der Waals surface area contributed by atoms with Gasteiger partial charge < -0.3 is 5.32 Å². The van der Waals surface area contributed by atoms with E-state index in [0.29, 0.717) is 18.2 Å². The van der Waals surface area contributed by atoms with E-state index in [0.717, 1.165) is 0 Å². The van der Waals surface area contributed by atoms with Crippen LogP contribution in [0.3, 0.4) is 0 Å². The molecule has 0 amide bonds. The number of hydrogen-bond donors (Lipinski definition) is 1. The lowest BCUT2D eigenvalue weighted by Crippen LogP contribution is -2.22. The summed E-state index contributed by atoms with van der Waals surface area (Å²) in [5.74, 6) is -0.384. The molecule has 1 rings (SSSR count). The zero-order chi connectivity index (χ0) is 8.97. The first-order chi connectivity index (χ1) is 5.70. The minimum Gasteiger partial charge on any atom is -0.310 e. The molecule has 0 bridgehead atoms. The molecule has 1 N–H and O–H groups in total. The predicted octanol–water partition coefficient (Wildman–Crippen LogP) is 1.72. The van der Waals surface area contributed by atoms with Gasteiger partial charge in [-0.15, -0.1) is 0 Å². The molecule has 0 aliphatic carbocycles. The summed E-state index contributed by atoms with van der Waals surface area (Å²) in [4.78, 5) is 3.55. The van der Waals surface area contributed by atoms with Crippen LogP contribution in [0.4, 0.5) is 4.39 Å². The van der Waals surface area contributed by atoms with Crippen molar-refractivity contribution in [3.8, 4) is 0 Å². The van der Waals surface area contributed by atoms with Gasteiger partial charge >= 0.3 is 0 Å². The Morgan fingerprint density at radius 2 is 2.33 bits per heavy atom. The summed E-state index contributed by atoms with van der Waals surface area (Å²) in [6.45, 7) is 4.58. The molecule has 0 aromatic carbocycles. The van der Waals surface area contributed by atoms with Gasteiger partial charge in [0.15, 0.2) is 0 Å². The molecule has 0 spiro atoms. The number of halogens is 1. The van der Waals surface area contributed by atoms with Gasteiger partial charge in [-0.2, -0.15) is 4.39 Å². The van der Waals surface area contributed by atoms with Crippen LogP contribution in [0.25, 0.3) is 0 Å². The van der Waals surface area contributed by atoms with Crippen molar-refractivity contribution in [1.29, 1.82) is 0 Å². The van der Waals surface area contributed by atoms with Crippen molar-refractivity contribution in [3.63, 3.8) is 0 Å². The van der Waals surface area contributed by atoms with Gasteiger partial charge in [0.05, 0.1) is 0 Å². The van der Waals surface area contributed by atoms with Gasteiger partial charge in [-0.25, -0.2) is 4.98 Å². The molecule has 0 saturated carbocycles. The van der Waals surface area contributed by atoms with Crippen LogP contribution >= 0.6 is 0 Å². The van der Waals surface area contributed by atoms with E-state index < -0.39 is 0 Å². The number of aromatic nitrogens is 1. The average Bonchev–Trinajstić information content (AvgIpc) is 2.03. The Balaban J connectivity index is 2.57. The van der Waals surface area contributed by atoms with Crippen LogP contribution < -0.4 is 5.32 Å². The minimum absolute atomic E-state index is 0.365. The molecule has 2 nitrogen and oxygen atoms in total. The predicted molar refractivity (Wildman–Crippen MR) is 46.2 cm³/mol. The van der Waals surface area contributed by atoms with Crippen LogP contribution in [0, 0.1) is 5.95 Å². The molecule has 1 heterocycles. The summed E-state index contributed by atoms with van der Waals surface area (Å²) in [7, 11) is 0. The highest BCUT2D eigenvalue weighted by Crippen LogP contribution is 2.02. The van der Waals surface area contributed by atoms with Crippen LogP contribution in [-0.4, -0.2) is 11.0 Å². The Hall–Kier alpha value is -0.960. The van der Waals surface area contributed by atoms with E-state index >= 15 is 0 Å². The lowest BCUT2D eigenvalue weighted by molar-refractivity contribution is 0.531. The minimum atomic E-state index is -0.384. The SMILES string of the molecule is CC(C)NCc1cccnc1F. The van der Waals surface area contributed by atoms with Crippen molar-refractivity contribution < 1.29 is 4.39 Å². The van der Waals surface area contributed by atoms with Gasteiger partial charge in [-0.1, -0.05) is 19.9 Å². The molecule has 0 aliphatic heterocycles. The fourth-order valence-corrected chi connectivity index (χ4v) is 0.865. The molecule has 0 aliphatic rings. The quantitative estimate of drug-likeness (QED) is 0.695. The normalized spacial score (nSPS) is 10.7. The monoisotopic (exact) mass is 168 g/mol. The van der Waals surface area contributed by atoms with Crippen molar-refractivity contribution in [1.82, 2.24) is 10.3 Å². The summed E-state index contributed by atoms with van der Waals surface area (Å²) >= 11 is 0. The highest BCUT2D eigenvalue weighted by molar-refractivity contribution is 5.10. The van der Waals surface area contributed by atoms with E-state index in [4.69, 9.17) is 0 Å². The molecule has 66 valence electrons. The maximum absolute atomic E-state index is 12.9. The molecule has 0 radical (unpaired) electrons. The molecule has 3 heteroatoms. The van der Waals surface area contributed by atoms with Crippen LogP contribution in [0.2, 0.25) is 0 Å². The van der Waals surface area contributed by atoms with Gasteiger partial charge in [-0.3, -0.25) is 0 Å². The molecule has 12 heavy (non-hydrogen) atoms. The number of nitrogens with one attached hydrogen (secondary N) is 1. The molecule has 0 fully saturated rings. The summed E-state index contributed by atoms with van der Waals surface area (Å²) in [5.41, 5.74) is 0.617. The highest BCUT2D eigenvalue weighted by Gasteiger charge is 2.01. The molecular weight excluding hydrogens is 155 g/mol. The smallest absolute Gasteiger partial charge is 0.217 e. The Morgan fingerprint density at radius 1 is 1.58 bits per heavy atom. The van der Waals surface area contributed by atoms with Crippen molar-refractivity contribution in [2.45, 2.75) is 26.4 Å². The largest absolute Gasteiger partial charge is 0.310 e. The summed E-state index contributed by atoms with van der Waals surface area (Å²) in [6.07, 6.45) is 1.45. The first-order valence-corrected chi connectivity index (χ1v) is 4.03. The van der Waals surface area contributed by atoms with E-state index in [1.165, 1.54) is 6.20 Å². The number of hydrogen-bond acceptors (Lipinski definition) is 2. The summed E-state index contributed by atoms with van der Waals surface area (Å²) < 4.78 is 12.9. The van der Waals surface area contributed by atoms with Gasteiger partial charge in [0.1, 0.15) is 0 Å². The van der Waals surface area contributed by atoms with Crippen molar-refractivity contribution in [2.75, 3.05) is 0 Å².